The topological polar surface area (TPSA) is 82.7 Å². The van der Waals surface area contributed by atoms with Gasteiger partial charge in [-0.05, 0) is 0 Å². The lowest BCUT2D eigenvalue weighted by Gasteiger charge is -2.03. The average molecular weight is 206 g/mol. The summed E-state index contributed by atoms with van der Waals surface area (Å²) in [5.41, 5.74) is -0.0552. The maximum atomic E-state index is 10.6. The van der Waals surface area contributed by atoms with E-state index in [1.807, 2.05) is 0 Å². The molecular weight excluding hydrogens is 196 g/mol. The van der Waals surface area contributed by atoms with Crippen LogP contribution in [0.2, 0.25) is 0 Å². The number of hydrogen-bond donors (Lipinski definition) is 2. The van der Waals surface area contributed by atoms with Crippen LogP contribution in [0, 0.1) is 5.41 Å². The highest BCUT2D eigenvalue weighted by atomic mass is 16.6. The summed E-state index contributed by atoms with van der Waals surface area (Å²) in [5.74, 6) is -1.34. The maximum absolute atomic E-state index is 10.6. The third-order valence-corrected chi connectivity index (χ3v) is 1.68. The van der Waals surface area contributed by atoms with Gasteiger partial charge in [0.25, 0.3) is 0 Å². The molecule has 78 valence electrons. The highest BCUT2D eigenvalue weighted by Gasteiger charge is 2.17. The third kappa shape index (κ3) is 2.63. The van der Waals surface area contributed by atoms with E-state index < -0.39 is 11.7 Å². The van der Waals surface area contributed by atoms with Crippen LogP contribution in [0.3, 0.4) is 0 Å². The van der Waals surface area contributed by atoms with Crippen LogP contribution in [0.15, 0.2) is 35.5 Å². The summed E-state index contributed by atoms with van der Waals surface area (Å²) in [4.78, 5) is 15.1. The lowest BCUT2D eigenvalue weighted by atomic mass is 10.1. The first-order valence-corrected chi connectivity index (χ1v) is 4.15. The molecule has 1 aromatic rings. The number of hydrogen-bond acceptors (Lipinski definition) is 4. The van der Waals surface area contributed by atoms with E-state index in [1.165, 1.54) is 7.11 Å². The first-order valence-electron chi connectivity index (χ1n) is 4.15. The van der Waals surface area contributed by atoms with E-state index in [2.05, 4.69) is 9.99 Å². The van der Waals surface area contributed by atoms with Crippen molar-refractivity contribution in [2.24, 2.45) is 5.16 Å². The van der Waals surface area contributed by atoms with Gasteiger partial charge < -0.3 is 9.94 Å². The Morgan fingerprint density at radius 2 is 2.00 bits per heavy atom. The molecule has 0 aliphatic carbocycles. The highest BCUT2D eigenvalue weighted by Crippen LogP contribution is 2.03. The molecule has 5 nitrogen and oxygen atoms in total. The molecule has 5 heteroatoms. The second kappa shape index (κ2) is 4.90. The SMILES string of the molecule is CO/N=C(/C(=N)C(=O)O)c1ccccc1. The molecule has 0 fully saturated rings. The zero-order valence-corrected chi connectivity index (χ0v) is 8.10. The number of benzene rings is 1. The van der Waals surface area contributed by atoms with Gasteiger partial charge in [0.05, 0.1) is 0 Å². The molecule has 1 rings (SSSR count). The van der Waals surface area contributed by atoms with Gasteiger partial charge in [0.2, 0.25) is 0 Å². The van der Waals surface area contributed by atoms with Crippen molar-refractivity contribution in [3.05, 3.63) is 35.9 Å². The molecule has 0 heterocycles. The summed E-state index contributed by atoms with van der Waals surface area (Å²) in [7, 11) is 1.30. The smallest absolute Gasteiger partial charge is 0.356 e. The molecule has 0 unspecified atom stereocenters. The molecule has 0 atom stereocenters. The van der Waals surface area contributed by atoms with Gasteiger partial charge >= 0.3 is 5.97 Å². The van der Waals surface area contributed by atoms with Crippen LogP contribution >= 0.6 is 0 Å². The Hall–Kier alpha value is -2.17. The van der Waals surface area contributed by atoms with Crippen LogP contribution in [0.1, 0.15) is 5.56 Å². The van der Waals surface area contributed by atoms with E-state index in [4.69, 9.17) is 10.5 Å². The van der Waals surface area contributed by atoms with Crippen LogP contribution in [-0.2, 0) is 9.63 Å². The number of nitrogens with one attached hydrogen (secondary N) is 1. The van der Waals surface area contributed by atoms with Gasteiger partial charge in [0.1, 0.15) is 12.8 Å². The largest absolute Gasteiger partial charge is 0.476 e. The summed E-state index contributed by atoms with van der Waals surface area (Å²) >= 11 is 0. The fraction of sp³-hybridized carbons (Fsp3) is 0.100. The Kier molecular flexibility index (Phi) is 3.56. The predicted octanol–water partition coefficient (Wildman–Crippen LogP) is 1.14. The number of nitrogens with zero attached hydrogens (tertiary/aromatic N) is 1. The van der Waals surface area contributed by atoms with Crippen molar-refractivity contribution in [1.29, 1.82) is 5.41 Å². The molecule has 1 aromatic carbocycles. The van der Waals surface area contributed by atoms with Crippen LogP contribution in [0.4, 0.5) is 0 Å². The molecule has 2 N–H and O–H groups in total. The van der Waals surface area contributed by atoms with Gasteiger partial charge in [-0.15, -0.1) is 0 Å². The third-order valence-electron chi connectivity index (χ3n) is 1.68. The number of aliphatic carboxylic acids is 1. The monoisotopic (exact) mass is 206 g/mol. The van der Waals surface area contributed by atoms with E-state index in [0.29, 0.717) is 5.56 Å². The number of oxime groups is 1. The van der Waals surface area contributed by atoms with Gasteiger partial charge in [0.15, 0.2) is 5.71 Å². The predicted molar refractivity (Wildman–Crippen MR) is 55.4 cm³/mol. The van der Waals surface area contributed by atoms with Crippen molar-refractivity contribution in [1.82, 2.24) is 0 Å². The number of rotatable bonds is 4. The molecular formula is C10H10N2O3. The van der Waals surface area contributed by atoms with Crippen molar-refractivity contribution in [3.63, 3.8) is 0 Å². The standard InChI is InChI=1S/C10H10N2O3/c1-15-12-9(8(11)10(13)14)7-5-3-2-4-6-7/h2-6,11H,1H3,(H,13,14)/b11-8?,12-9+. The number of carboxylic acid groups (broad SMARTS) is 1. The fourth-order valence-corrected chi connectivity index (χ4v) is 1.03. The van der Waals surface area contributed by atoms with Gasteiger partial charge in [-0.3, -0.25) is 5.41 Å². The van der Waals surface area contributed by atoms with Crippen LogP contribution in [0.5, 0.6) is 0 Å². The molecule has 0 bridgehead atoms. The summed E-state index contributed by atoms with van der Waals surface area (Å²) in [6, 6.07) is 8.58. The summed E-state index contributed by atoms with van der Waals surface area (Å²) in [5, 5.41) is 19.5. The summed E-state index contributed by atoms with van der Waals surface area (Å²) < 4.78 is 0. The fourth-order valence-electron chi connectivity index (χ4n) is 1.03. The minimum absolute atomic E-state index is 0.00519. The van der Waals surface area contributed by atoms with Gasteiger partial charge in [0, 0.05) is 5.56 Å². The van der Waals surface area contributed by atoms with Crippen LogP contribution < -0.4 is 0 Å². The van der Waals surface area contributed by atoms with Crippen molar-refractivity contribution >= 4 is 17.4 Å². The van der Waals surface area contributed by atoms with E-state index in [-0.39, 0.29) is 5.71 Å². The van der Waals surface area contributed by atoms with Crippen LogP contribution in [0.25, 0.3) is 0 Å². The average Bonchev–Trinajstić information content (AvgIpc) is 2.26. The van der Waals surface area contributed by atoms with Crippen LogP contribution in [-0.4, -0.2) is 29.6 Å². The molecule has 0 saturated heterocycles. The maximum Gasteiger partial charge on any atom is 0.356 e. The molecule has 0 aliphatic heterocycles. The Balaban J connectivity index is 3.11. The second-order valence-corrected chi connectivity index (χ2v) is 2.67. The highest BCUT2D eigenvalue weighted by molar-refractivity contribution is 6.67. The molecule has 0 aromatic heterocycles. The molecule has 0 spiro atoms. The lowest BCUT2D eigenvalue weighted by molar-refractivity contribution is -0.129. The zero-order valence-electron chi connectivity index (χ0n) is 8.10. The van der Waals surface area contributed by atoms with E-state index >= 15 is 0 Å². The van der Waals surface area contributed by atoms with E-state index in [9.17, 15) is 4.79 Å². The van der Waals surface area contributed by atoms with E-state index in [1.54, 1.807) is 30.3 Å². The molecule has 0 saturated carbocycles. The normalized spacial score (nSPS) is 10.9. The first-order chi connectivity index (χ1) is 7.16. The summed E-state index contributed by atoms with van der Waals surface area (Å²) in [6.07, 6.45) is 0. The molecule has 15 heavy (non-hydrogen) atoms. The first kappa shape index (κ1) is 10.9. The molecule has 0 aliphatic rings. The number of carbonyl (C=O) groups is 1. The minimum atomic E-state index is -1.34. The second-order valence-electron chi connectivity index (χ2n) is 2.67. The van der Waals surface area contributed by atoms with Crippen molar-refractivity contribution in [2.75, 3.05) is 7.11 Å². The Labute approximate surface area is 86.5 Å². The van der Waals surface area contributed by atoms with Crippen molar-refractivity contribution < 1.29 is 14.7 Å². The van der Waals surface area contributed by atoms with Gasteiger partial charge in [-0.2, -0.15) is 0 Å². The molecule has 0 radical (unpaired) electrons. The molecule has 0 amide bonds. The Bertz CT molecular complexity index is 398. The van der Waals surface area contributed by atoms with Gasteiger partial charge in [-0.1, -0.05) is 35.5 Å². The Morgan fingerprint density at radius 3 is 2.47 bits per heavy atom. The van der Waals surface area contributed by atoms with E-state index in [0.717, 1.165) is 0 Å². The Morgan fingerprint density at radius 1 is 1.40 bits per heavy atom. The lowest BCUT2D eigenvalue weighted by Crippen LogP contribution is -2.23. The quantitative estimate of drug-likeness (QED) is 0.572. The number of carboxylic acids is 1. The van der Waals surface area contributed by atoms with Crippen molar-refractivity contribution in [2.45, 2.75) is 0 Å². The zero-order chi connectivity index (χ0) is 11.3. The summed E-state index contributed by atoms with van der Waals surface area (Å²) in [6.45, 7) is 0. The van der Waals surface area contributed by atoms with Crippen molar-refractivity contribution in [3.8, 4) is 0 Å². The minimum Gasteiger partial charge on any atom is -0.476 e. The van der Waals surface area contributed by atoms with Gasteiger partial charge in [-0.25, -0.2) is 4.79 Å².